The number of unbranched alkanes of at least 4 members (excludes halogenated alkanes) is 2. The standard InChI is InChI=1S/C25H30FNO5/c1-3-4-7-14-31-19-12-13-20(21(26)17-19)18(2)16-24(28)27-22-9-5-6-10-23(22)32-15-8-11-25(29)30/h5-6,9-10,12-13,16-17H,3-4,7-8,11,14-15H2,1-2H3,(H,27,28)(H,29,30). The first-order valence-electron chi connectivity index (χ1n) is 10.8. The number of amides is 1. The highest BCUT2D eigenvalue weighted by Crippen LogP contribution is 2.26. The van der Waals surface area contributed by atoms with Crippen LogP contribution in [0.2, 0.25) is 0 Å². The van der Waals surface area contributed by atoms with Gasteiger partial charge in [0.2, 0.25) is 5.91 Å². The Hall–Kier alpha value is -3.35. The lowest BCUT2D eigenvalue weighted by Gasteiger charge is -2.12. The summed E-state index contributed by atoms with van der Waals surface area (Å²) in [7, 11) is 0. The third-order valence-electron chi connectivity index (χ3n) is 4.67. The van der Waals surface area contributed by atoms with Gasteiger partial charge in [0.05, 0.1) is 18.9 Å². The molecule has 0 bridgehead atoms. The van der Waals surface area contributed by atoms with E-state index in [1.807, 2.05) is 0 Å². The number of carboxylic acids is 1. The van der Waals surface area contributed by atoms with Crippen LogP contribution in [0, 0.1) is 5.82 Å². The van der Waals surface area contributed by atoms with Gasteiger partial charge in [0.25, 0.3) is 0 Å². The van der Waals surface area contributed by atoms with Crippen molar-refractivity contribution in [3.05, 3.63) is 59.9 Å². The molecule has 0 fully saturated rings. The van der Waals surface area contributed by atoms with Gasteiger partial charge in [-0.2, -0.15) is 0 Å². The normalized spacial score (nSPS) is 11.2. The van der Waals surface area contributed by atoms with Gasteiger partial charge in [-0.25, -0.2) is 4.39 Å². The van der Waals surface area contributed by atoms with Crippen molar-refractivity contribution in [1.82, 2.24) is 0 Å². The van der Waals surface area contributed by atoms with Gasteiger partial charge in [-0.3, -0.25) is 9.59 Å². The molecule has 0 unspecified atom stereocenters. The van der Waals surface area contributed by atoms with Crippen LogP contribution in [-0.2, 0) is 9.59 Å². The molecule has 0 aliphatic rings. The molecule has 0 aliphatic heterocycles. The van der Waals surface area contributed by atoms with Crippen LogP contribution in [0.3, 0.4) is 0 Å². The van der Waals surface area contributed by atoms with Crippen molar-refractivity contribution in [3.63, 3.8) is 0 Å². The first-order valence-corrected chi connectivity index (χ1v) is 10.8. The highest BCUT2D eigenvalue weighted by Gasteiger charge is 2.10. The lowest BCUT2D eigenvalue weighted by Crippen LogP contribution is -2.11. The first-order chi connectivity index (χ1) is 15.4. The van der Waals surface area contributed by atoms with E-state index in [4.69, 9.17) is 14.6 Å². The Morgan fingerprint density at radius 2 is 1.81 bits per heavy atom. The van der Waals surface area contributed by atoms with Gasteiger partial charge >= 0.3 is 5.97 Å². The fraction of sp³-hybridized carbons (Fsp3) is 0.360. The maximum absolute atomic E-state index is 14.5. The predicted molar refractivity (Wildman–Crippen MR) is 123 cm³/mol. The van der Waals surface area contributed by atoms with E-state index in [9.17, 15) is 14.0 Å². The lowest BCUT2D eigenvalue weighted by atomic mass is 10.1. The molecular weight excluding hydrogens is 413 g/mol. The zero-order valence-corrected chi connectivity index (χ0v) is 18.5. The molecule has 0 spiro atoms. The number of nitrogens with one attached hydrogen (secondary N) is 1. The second-order valence-electron chi connectivity index (χ2n) is 7.36. The van der Waals surface area contributed by atoms with Crippen LogP contribution in [0.25, 0.3) is 5.57 Å². The molecule has 172 valence electrons. The van der Waals surface area contributed by atoms with Crippen molar-refractivity contribution < 1.29 is 28.6 Å². The minimum Gasteiger partial charge on any atom is -0.493 e. The molecule has 6 nitrogen and oxygen atoms in total. The number of carbonyl (C=O) groups is 2. The SMILES string of the molecule is CCCCCOc1ccc(C(C)=CC(=O)Nc2ccccc2OCCCC(=O)O)c(F)c1. The minimum absolute atomic E-state index is 0.00456. The fourth-order valence-electron chi connectivity index (χ4n) is 2.99. The van der Waals surface area contributed by atoms with Crippen molar-refractivity contribution in [3.8, 4) is 11.5 Å². The highest BCUT2D eigenvalue weighted by atomic mass is 19.1. The number of para-hydroxylation sites is 2. The van der Waals surface area contributed by atoms with E-state index in [1.54, 1.807) is 43.3 Å². The number of benzene rings is 2. The number of hydrogen-bond acceptors (Lipinski definition) is 4. The summed E-state index contributed by atoms with van der Waals surface area (Å²) in [4.78, 5) is 23.1. The molecule has 0 radical (unpaired) electrons. The average Bonchev–Trinajstić information content (AvgIpc) is 2.75. The first kappa shape index (κ1) is 24.9. The molecule has 2 aromatic rings. The molecule has 0 aromatic heterocycles. The van der Waals surface area contributed by atoms with Crippen LogP contribution in [-0.4, -0.2) is 30.2 Å². The number of hydrogen-bond donors (Lipinski definition) is 2. The van der Waals surface area contributed by atoms with E-state index in [-0.39, 0.29) is 13.0 Å². The second-order valence-corrected chi connectivity index (χ2v) is 7.36. The van der Waals surface area contributed by atoms with E-state index in [2.05, 4.69) is 12.2 Å². The Balaban J connectivity index is 1.99. The Kier molecular flexibility index (Phi) is 10.2. The monoisotopic (exact) mass is 443 g/mol. The zero-order valence-electron chi connectivity index (χ0n) is 18.5. The minimum atomic E-state index is -0.890. The number of halogens is 1. The molecule has 0 saturated carbocycles. The highest BCUT2D eigenvalue weighted by molar-refractivity contribution is 6.04. The van der Waals surface area contributed by atoms with Gasteiger partial charge in [-0.05, 0) is 49.6 Å². The number of carboxylic acid groups (broad SMARTS) is 1. The van der Waals surface area contributed by atoms with E-state index < -0.39 is 17.7 Å². The van der Waals surface area contributed by atoms with Gasteiger partial charge in [-0.1, -0.05) is 31.9 Å². The Morgan fingerprint density at radius 1 is 1.06 bits per heavy atom. The molecular formula is C25H30FNO5. The summed E-state index contributed by atoms with van der Waals surface area (Å²) in [5.74, 6) is -0.870. The Morgan fingerprint density at radius 3 is 2.53 bits per heavy atom. The summed E-state index contributed by atoms with van der Waals surface area (Å²) < 4.78 is 25.7. The molecule has 2 aromatic carbocycles. The number of ether oxygens (including phenoxy) is 2. The average molecular weight is 444 g/mol. The molecule has 0 saturated heterocycles. The molecule has 2 rings (SSSR count). The van der Waals surface area contributed by atoms with E-state index >= 15 is 0 Å². The van der Waals surface area contributed by atoms with Crippen LogP contribution in [0.5, 0.6) is 11.5 Å². The van der Waals surface area contributed by atoms with Crippen molar-refractivity contribution in [1.29, 1.82) is 0 Å². The van der Waals surface area contributed by atoms with Gasteiger partial charge in [0.15, 0.2) is 0 Å². The number of allylic oxidation sites excluding steroid dienone is 1. The molecule has 1 amide bonds. The summed E-state index contributed by atoms with van der Waals surface area (Å²) in [5.41, 5.74) is 1.24. The van der Waals surface area contributed by atoms with Gasteiger partial charge in [0, 0.05) is 24.1 Å². The number of aliphatic carboxylic acids is 1. The third kappa shape index (κ3) is 8.41. The molecule has 0 atom stereocenters. The maximum atomic E-state index is 14.5. The van der Waals surface area contributed by atoms with Crippen LogP contribution in [0.15, 0.2) is 48.5 Å². The predicted octanol–water partition coefficient (Wildman–Crippen LogP) is 5.68. The Bertz CT molecular complexity index is 942. The van der Waals surface area contributed by atoms with Crippen molar-refractivity contribution >= 4 is 23.1 Å². The molecule has 32 heavy (non-hydrogen) atoms. The maximum Gasteiger partial charge on any atom is 0.303 e. The van der Waals surface area contributed by atoms with Crippen molar-refractivity contribution in [2.75, 3.05) is 18.5 Å². The zero-order chi connectivity index (χ0) is 23.3. The summed E-state index contributed by atoms with van der Waals surface area (Å²) in [6, 6.07) is 11.5. The van der Waals surface area contributed by atoms with Gasteiger partial charge < -0.3 is 19.9 Å². The van der Waals surface area contributed by atoms with Crippen LogP contribution in [0.4, 0.5) is 10.1 Å². The van der Waals surface area contributed by atoms with Crippen molar-refractivity contribution in [2.24, 2.45) is 0 Å². The summed E-state index contributed by atoms with van der Waals surface area (Å²) in [6.07, 6.45) is 4.75. The van der Waals surface area contributed by atoms with Gasteiger partial charge in [0.1, 0.15) is 17.3 Å². The number of rotatable bonds is 13. The largest absolute Gasteiger partial charge is 0.493 e. The quantitative estimate of drug-likeness (QED) is 0.307. The molecule has 2 N–H and O–H groups in total. The summed E-state index contributed by atoms with van der Waals surface area (Å²) in [6.45, 7) is 4.52. The molecule has 0 aliphatic carbocycles. The summed E-state index contributed by atoms with van der Waals surface area (Å²) in [5, 5.41) is 11.4. The smallest absolute Gasteiger partial charge is 0.303 e. The van der Waals surface area contributed by atoms with Gasteiger partial charge in [-0.15, -0.1) is 0 Å². The van der Waals surface area contributed by atoms with E-state index in [0.717, 1.165) is 19.3 Å². The molecule has 0 heterocycles. The van der Waals surface area contributed by atoms with E-state index in [1.165, 1.54) is 12.1 Å². The number of anilines is 1. The number of carbonyl (C=O) groups excluding carboxylic acids is 1. The Labute approximate surface area is 188 Å². The second kappa shape index (κ2) is 13.1. The van der Waals surface area contributed by atoms with Crippen LogP contribution < -0.4 is 14.8 Å². The third-order valence-corrected chi connectivity index (χ3v) is 4.67. The van der Waals surface area contributed by atoms with Crippen molar-refractivity contribution in [2.45, 2.75) is 46.0 Å². The van der Waals surface area contributed by atoms with E-state index in [0.29, 0.717) is 41.4 Å². The van der Waals surface area contributed by atoms with Crippen LogP contribution in [0.1, 0.15) is 51.5 Å². The topological polar surface area (TPSA) is 84.9 Å². The van der Waals surface area contributed by atoms with Crippen LogP contribution >= 0.6 is 0 Å². The molecule has 7 heteroatoms. The fourth-order valence-corrected chi connectivity index (χ4v) is 2.99. The summed E-state index contributed by atoms with van der Waals surface area (Å²) >= 11 is 0. The lowest BCUT2D eigenvalue weighted by molar-refractivity contribution is -0.137.